The summed E-state index contributed by atoms with van der Waals surface area (Å²) in [6, 6.07) is 22.7. The van der Waals surface area contributed by atoms with Crippen molar-refractivity contribution in [2.75, 3.05) is 6.54 Å². The zero-order valence-electron chi connectivity index (χ0n) is 16.6. The van der Waals surface area contributed by atoms with E-state index in [2.05, 4.69) is 20.9 Å². The molecular formula is C23H17BrN2O5S. The summed E-state index contributed by atoms with van der Waals surface area (Å²) in [4.78, 5) is 27.5. The summed E-state index contributed by atoms with van der Waals surface area (Å²) in [5.74, 6) is -0.309. The average Bonchev–Trinajstić information content (AvgIpc) is 3.25. The van der Waals surface area contributed by atoms with Gasteiger partial charge >= 0.3 is 5.97 Å². The molecule has 32 heavy (non-hydrogen) atoms. The van der Waals surface area contributed by atoms with Gasteiger partial charge in [0.25, 0.3) is 10.6 Å². The molecular weight excluding hydrogens is 496 g/mol. The molecule has 7 nitrogen and oxygen atoms in total. The van der Waals surface area contributed by atoms with Crippen LogP contribution in [0.1, 0.15) is 11.1 Å². The number of carbonyl (C=O) groups is 1. The normalized spacial score (nSPS) is 17.3. The zero-order valence-corrected chi connectivity index (χ0v) is 19.0. The lowest BCUT2D eigenvalue weighted by Crippen LogP contribution is -2.40. The van der Waals surface area contributed by atoms with Crippen molar-refractivity contribution in [2.45, 2.75) is 16.4 Å². The first-order valence-corrected chi connectivity index (χ1v) is 11.2. The molecule has 1 atom stereocenters. The second-order valence-electron chi connectivity index (χ2n) is 6.90. The van der Waals surface area contributed by atoms with Crippen LogP contribution < -0.4 is 0 Å². The van der Waals surface area contributed by atoms with Crippen molar-refractivity contribution in [3.8, 4) is 0 Å². The minimum atomic E-state index is -1.40. The molecule has 0 amide bonds. The maximum Gasteiger partial charge on any atom is 0.364 e. The number of nitrogens with zero attached hydrogens (tertiary/aromatic N) is 2. The molecule has 0 radical (unpaired) electrons. The van der Waals surface area contributed by atoms with Crippen LogP contribution in [0.2, 0.25) is 0 Å². The minimum absolute atomic E-state index is 0.0369. The lowest BCUT2D eigenvalue weighted by atomic mass is 10.2. The number of nitro benzene ring substituents is 1. The Labute approximate surface area is 196 Å². The number of esters is 1. The number of halogens is 1. The number of hydrogen-bond acceptors (Lipinski definition) is 7. The predicted octanol–water partition coefficient (Wildman–Crippen LogP) is 5.37. The fraction of sp³-hybridized carbons (Fsp3) is 0.130. The van der Waals surface area contributed by atoms with Gasteiger partial charge in [-0.05, 0) is 42.0 Å². The van der Waals surface area contributed by atoms with Gasteiger partial charge in [-0.3, -0.25) is 10.1 Å². The van der Waals surface area contributed by atoms with Crippen LogP contribution >= 0.6 is 27.7 Å². The zero-order chi connectivity index (χ0) is 22.6. The van der Waals surface area contributed by atoms with E-state index in [1.807, 2.05) is 54.6 Å². The largest absolute Gasteiger partial charge is 0.457 e. The number of non-ortho nitro benzene ring substituents is 1. The van der Waals surface area contributed by atoms with Crippen LogP contribution in [0.4, 0.5) is 5.69 Å². The third-order valence-electron chi connectivity index (χ3n) is 4.64. The van der Waals surface area contributed by atoms with Crippen molar-refractivity contribution in [3.63, 3.8) is 0 Å². The molecule has 0 unspecified atom stereocenters. The Kier molecular flexibility index (Phi) is 6.57. The van der Waals surface area contributed by atoms with E-state index >= 15 is 0 Å². The molecule has 4 rings (SSSR count). The highest BCUT2D eigenvalue weighted by atomic mass is 79.9. The number of ether oxygens (including phenoxy) is 2. The van der Waals surface area contributed by atoms with E-state index < -0.39 is 15.8 Å². The van der Waals surface area contributed by atoms with Crippen molar-refractivity contribution in [1.29, 1.82) is 0 Å². The number of benzene rings is 3. The van der Waals surface area contributed by atoms with Gasteiger partial charge in [-0.2, -0.15) is 0 Å². The third kappa shape index (κ3) is 5.00. The third-order valence-corrected chi connectivity index (χ3v) is 6.38. The van der Waals surface area contributed by atoms with Crippen LogP contribution in [0.15, 0.2) is 93.2 Å². The Morgan fingerprint density at radius 2 is 1.78 bits per heavy atom. The molecule has 1 heterocycles. The van der Waals surface area contributed by atoms with Crippen LogP contribution in [0.3, 0.4) is 0 Å². The van der Waals surface area contributed by atoms with Gasteiger partial charge in [0.1, 0.15) is 13.2 Å². The van der Waals surface area contributed by atoms with Crippen molar-refractivity contribution in [3.05, 3.63) is 105 Å². The van der Waals surface area contributed by atoms with E-state index in [4.69, 9.17) is 9.47 Å². The topological polar surface area (TPSA) is 91.0 Å². The summed E-state index contributed by atoms with van der Waals surface area (Å²) >= 11 is 4.62. The number of aliphatic imine (C=N–C) groups is 1. The van der Waals surface area contributed by atoms with Crippen LogP contribution in [-0.2, 0) is 20.9 Å². The molecule has 0 N–H and O–H groups in total. The van der Waals surface area contributed by atoms with Gasteiger partial charge in [-0.25, -0.2) is 9.79 Å². The second-order valence-corrected chi connectivity index (χ2v) is 9.15. The number of nitro groups is 1. The molecule has 162 valence electrons. The first kappa shape index (κ1) is 22.0. The quantitative estimate of drug-likeness (QED) is 0.240. The molecule has 0 spiro atoms. The predicted molar refractivity (Wildman–Crippen MR) is 125 cm³/mol. The van der Waals surface area contributed by atoms with Gasteiger partial charge in [-0.1, -0.05) is 58.0 Å². The SMILES string of the molecule is O=C(OCc1ccccc1)[C@]1(Sc2ccc(Br)cc2)CN=C(c2ccc([N+](=O)[O-])cc2)O1. The van der Waals surface area contributed by atoms with Crippen LogP contribution in [-0.4, -0.2) is 28.3 Å². The Bertz CT molecular complexity index is 1150. The summed E-state index contributed by atoms with van der Waals surface area (Å²) in [5.41, 5.74) is 1.37. The second kappa shape index (κ2) is 9.54. The molecule has 1 aliphatic rings. The lowest BCUT2D eigenvalue weighted by Gasteiger charge is -2.25. The molecule has 3 aromatic rings. The summed E-state index contributed by atoms with van der Waals surface area (Å²) in [5, 5.41) is 10.9. The number of thioether (sulfide) groups is 1. The van der Waals surface area contributed by atoms with Crippen LogP contribution in [0.5, 0.6) is 0 Å². The molecule has 0 aromatic heterocycles. The number of hydrogen-bond donors (Lipinski definition) is 0. The van der Waals surface area contributed by atoms with Gasteiger partial charge in [0, 0.05) is 27.1 Å². The highest BCUT2D eigenvalue weighted by Crippen LogP contribution is 2.40. The molecule has 3 aromatic carbocycles. The van der Waals surface area contributed by atoms with Gasteiger partial charge in [-0.15, -0.1) is 0 Å². The lowest BCUT2D eigenvalue weighted by molar-refractivity contribution is -0.384. The van der Waals surface area contributed by atoms with Crippen LogP contribution in [0, 0.1) is 10.1 Å². The highest BCUT2D eigenvalue weighted by Gasteiger charge is 2.48. The monoisotopic (exact) mass is 512 g/mol. The molecule has 1 aliphatic heterocycles. The van der Waals surface area contributed by atoms with E-state index in [9.17, 15) is 14.9 Å². The molecule has 0 saturated carbocycles. The first-order chi connectivity index (χ1) is 15.4. The maximum absolute atomic E-state index is 13.2. The van der Waals surface area contributed by atoms with E-state index in [1.54, 1.807) is 12.1 Å². The molecule has 0 aliphatic carbocycles. The summed E-state index contributed by atoms with van der Waals surface area (Å²) in [6.07, 6.45) is 0. The summed E-state index contributed by atoms with van der Waals surface area (Å²) in [7, 11) is 0. The Balaban J connectivity index is 1.56. The van der Waals surface area contributed by atoms with E-state index in [-0.39, 0.29) is 24.7 Å². The van der Waals surface area contributed by atoms with Crippen molar-refractivity contribution < 1.29 is 19.2 Å². The van der Waals surface area contributed by atoms with Crippen molar-refractivity contribution in [1.82, 2.24) is 0 Å². The van der Waals surface area contributed by atoms with E-state index in [0.717, 1.165) is 14.9 Å². The molecule has 0 bridgehead atoms. The Morgan fingerprint density at radius 1 is 1.09 bits per heavy atom. The molecule has 9 heteroatoms. The summed E-state index contributed by atoms with van der Waals surface area (Å²) < 4.78 is 12.6. The van der Waals surface area contributed by atoms with Gasteiger partial charge in [0.15, 0.2) is 0 Å². The van der Waals surface area contributed by atoms with Crippen LogP contribution in [0.25, 0.3) is 0 Å². The van der Waals surface area contributed by atoms with Crippen molar-refractivity contribution in [2.24, 2.45) is 4.99 Å². The summed E-state index contributed by atoms with van der Waals surface area (Å²) in [6.45, 7) is 0.159. The number of rotatable bonds is 7. The highest BCUT2D eigenvalue weighted by molar-refractivity contribution is 9.10. The first-order valence-electron chi connectivity index (χ1n) is 9.59. The average molecular weight is 513 g/mol. The fourth-order valence-corrected chi connectivity index (χ4v) is 4.31. The fourth-order valence-electron chi connectivity index (χ4n) is 3.00. The van der Waals surface area contributed by atoms with Crippen molar-refractivity contribution >= 4 is 45.2 Å². The van der Waals surface area contributed by atoms with Gasteiger partial charge in [0.05, 0.1) is 4.92 Å². The molecule has 0 saturated heterocycles. The van der Waals surface area contributed by atoms with E-state index in [0.29, 0.717) is 5.56 Å². The maximum atomic E-state index is 13.2. The van der Waals surface area contributed by atoms with Gasteiger partial charge in [0.2, 0.25) is 5.90 Å². The van der Waals surface area contributed by atoms with Gasteiger partial charge < -0.3 is 9.47 Å². The Hall–Kier alpha value is -3.17. The Morgan fingerprint density at radius 3 is 2.44 bits per heavy atom. The standard InChI is InChI=1S/C23H17BrN2O5S/c24-18-8-12-20(13-9-18)32-23(22(27)30-14-16-4-2-1-3-5-16)15-25-21(31-23)17-6-10-19(11-7-17)26(28)29/h1-13H,14-15H2/t23-/m1/s1. The molecule has 0 fully saturated rings. The smallest absolute Gasteiger partial charge is 0.364 e. The van der Waals surface area contributed by atoms with E-state index in [1.165, 1.54) is 23.9 Å². The number of carbonyl (C=O) groups excluding carboxylic acids is 1. The minimum Gasteiger partial charge on any atom is -0.457 e.